The summed E-state index contributed by atoms with van der Waals surface area (Å²) in [6.07, 6.45) is 0.857. The van der Waals surface area contributed by atoms with E-state index in [9.17, 15) is 9.59 Å². The number of fused-ring (bicyclic) bond motifs is 1. The normalized spacial score (nSPS) is 11.6. The predicted molar refractivity (Wildman–Crippen MR) is 97.2 cm³/mol. The molecule has 0 aliphatic carbocycles. The molecule has 7 nitrogen and oxygen atoms in total. The number of benzene rings is 1. The van der Waals surface area contributed by atoms with E-state index >= 15 is 0 Å². The minimum atomic E-state index is -0.845. The number of nitrogens with zero attached hydrogens (tertiary/aromatic N) is 3. The maximum Gasteiger partial charge on any atom is 0.347 e. The molecule has 1 unspecified atom stereocenters. The Morgan fingerprint density at radius 3 is 2.70 bits per heavy atom. The Hall–Kier alpha value is -3.66. The van der Waals surface area contributed by atoms with E-state index in [1.165, 1.54) is 10.5 Å². The average molecular weight is 363 g/mol. The van der Waals surface area contributed by atoms with E-state index in [0.29, 0.717) is 22.7 Å². The predicted octanol–water partition coefficient (Wildman–Crippen LogP) is 2.39. The molecular formula is C20H17N3O4. The monoisotopic (exact) mass is 363 g/mol. The molecule has 0 amide bonds. The summed E-state index contributed by atoms with van der Waals surface area (Å²) in [6.45, 7) is 3.32. The largest absolute Gasteiger partial charge is 0.479 e. The number of ether oxygens (including phenoxy) is 2. The maximum absolute atomic E-state index is 12.2. The average Bonchev–Trinajstić information content (AvgIpc) is 2.67. The van der Waals surface area contributed by atoms with Crippen molar-refractivity contribution in [3.8, 4) is 11.8 Å². The summed E-state index contributed by atoms with van der Waals surface area (Å²) in [4.78, 5) is 28.6. The summed E-state index contributed by atoms with van der Waals surface area (Å²) >= 11 is 0. The van der Waals surface area contributed by atoms with Crippen LogP contribution in [-0.2, 0) is 16.1 Å². The molecule has 0 aliphatic rings. The van der Waals surface area contributed by atoms with Crippen LogP contribution in [0.1, 0.15) is 23.7 Å². The van der Waals surface area contributed by atoms with Gasteiger partial charge in [0.1, 0.15) is 18.0 Å². The van der Waals surface area contributed by atoms with Crippen molar-refractivity contribution in [2.24, 2.45) is 0 Å². The van der Waals surface area contributed by atoms with E-state index in [1.807, 2.05) is 19.1 Å². The number of pyridine rings is 1. The van der Waals surface area contributed by atoms with E-state index in [-0.39, 0.29) is 12.2 Å². The Kier molecular flexibility index (Phi) is 5.18. The minimum absolute atomic E-state index is 0.125. The van der Waals surface area contributed by atoms with Gasteiger partial charge in [0.05, 0.1) is 17.3 Å². The molecule has 3 rings (SSSR count). The van der Waals surface area contributed by atoms with E-state index in [0.717, 1.165) is 5.56 Å². The second kappa shape index (κ2) is 7.70. The van der Waals surface area contributed by atoms with E-state index in [4.69, 9.17) is 14.7 Å². The molecule has 0 bridgehead atoms. The van der Waals surface area contributed by atoms with Gasteiger partial charge in [0.15, 0.2) is 6.10 Å². The third kappa shape index (κ3) is 4.30. The zero-order chi connectivity index (χ0) is 19.4. The fourth-order valence-electron chi connectivity index (χ4n) is 2.45. The van der Waals surface area contributed by atoms with Crippen LogP contribution in [0.3, 0.4) is 0 Å². The second-order valence-corrected chi connectivity index (χ2v) is 6.02. The van der Waals surface area contributed by atoms with Gasteiger partial charge in [-0.05, 0) is 49.7 Å². The third-order valence-electron chi connectivity index (χ3n) is 3.85. The molecule has 2 aromatic heterocycles. The summed E-state index contributed by atoms with van der Waals surface area (Å²) in [7, 11) is 0. The van der Waals surface area contributed by atoms with Gasteiger partial charge in [-0.2, -0.15) is 5.26 Å². The number of carbonyl (C=O) groups is 1. The van der Waals surface area contributed by atoms with Crippen LogP contribution < -0.4 is 10.3 Å². The van der Waals surface area contributed by atoms with E-state index < -0.39 is 12.1 Å². The van der Waals surface area contributed by atoms with Gasteiger partial charge < -0.3 is 9.47 Å². The standard InChI is InChI=1S/C20H17N3O4/c1-13-3-8-18-22-16(9-19(24)23(18)11-13)12-26-20(25)14(2)27-17-6-4-15(10-21)5-7-17/h3-9,11,14H,12H2,1-2H3. The van der Waals surface area contributed by atoms with Gasteiger partial charge in [-0.1, -0.05) is 6.07 Å². The molecule has 0 radical (unpaired) electrons. The molecular weight excluding hydrogens is 346 g/mol. The molecule has 0 aliphatic heterocycles. The van der Waals surface area contributed by atoms with Crippen molar-refractivity contribution in [3.05, 3.63) is 75.8 Å². The van der Waals surface area contributed by atoms with Crippen molar-refractivity contribution >= 4 is 11.6 Å². The minimum Gasteiger partial charge on any atom is -0.479 e. The highest BCUT2D eigenvalue weighted by molar-refractivity contribution is 5.74. The summed E-state index contributed by atoms with van der Waals surface area (Å²) in [6, 6.07) is 13.3. The number of hydrogen-bond acceptors (Lipinski definition) is 6. The first-order chi connectivity index (χ1) is 13.0. The SMILES string of the molecule is Cc1ccc2nc(COC(=O)C(C)Oc3ccc(C#N)cc3)cc(=O)n2c1. The van der Waals surface area contributed by atoms with Crippen molar-refractivity contribution < 1.29 is 14.3 Å². The Morgan fingerprint density at radius 2 is 2.00 bits per heavy atom. The molecule has 0 saturated heterocycles. The number of aryl methyl sites for hydroxylation is 1. The molecule has 7 heteroatoms. The van der Waals surface area contributed by atoms with E-state index in [1.54, 1.807) is 43.5 Å². The fraction of sp³-hybridized carbons (Fsp3) is 0.200. The van der Waals surface area contributed by atoms with Crippen molar-refractivity contribution in [2.75, 3.05) is 0 Å². The van der Waals surface area contributed by atoms with Gasteiger partial charge in [0, 0.05) is 12.3 Å². The van der Waals surface area contributed by atoms with Crippen LogP contribution in [0.4, 0.5) is 0 Å². The van der Waals surface area contributed by atoms with Gasteiger partial charge in [-0.3, -0.25) is 9.20 Å². The Labute approximate surface area is 155 Å². The second-order valence-electron chi connectivity index (χ2n) is 6.02. The van der Waals surface area contributed by atoms with Crippen LogP contribution in [-0.4, -0.2) is 21.5 Å². The molecule has 1 aromatic carbocycles. The third-order valence-corrected chi connectivity index (χ3v) is 3.85. The quantitative estimate of drug-likeness (QED) is 0.646. The number of hydrogen-bond donors (Lipinski definition) is 0. The highest BCUT2D eigenvalue weighted by Gasteiger charge is 2.17. The summed E-state index contributed by atoms with van der Waals surface area (Å²) < 4.78 is 12.2. The number of aromatic nitrogens is 2. The lowest BCUT2D eigenvalue weighted by molar-refractivity contribution is -0.152. The van der Waals surface area contributed by atoms with Crippen LogP contribution in [0, 0.1) is 18.3 Å². The summed E-state index contributed by atoms with van der Waals surface area (Å²) in [5.41, 5.74) is 2.06. The highest BCUT2D eigenvalue weighted by Crippen LogP contribution is 2.14. The van der Waals surface area contributed by atoms with Crippen LogP contribution in [0.2, 0.25) is 0 Å². The van der Waals surface area contributed by atoms with Crippen LogP contribution >= 0.6 is 0 Å². The highest BCUT2D eigenvalue weighted by atomic mass is 16.6. The Morgan fingerprint density at radius 1 is 1.26 bits per heavy atom. The zero-order valence-electron chi connectivity index (χ0n) is 14.9. The van der Waals surface area contributed by atoms with Gasteiger partial charge >= 0.3 is 5.97 Å². The van der Waals surface area contributed by atoms with Gasteiger partial charge in [0.2, 0.25) is 0 Å². The smallest absolute Gasteiger partial charge is 0.347 e. The number of rotatable bonds is 5. The zero-order valence-corrected chi connectivity index (χ0v) is 14.9. The maximum atomic E-state index is 12.2. The molecule has 1 atom stereocenters. The fourth-order valence-corrected chi connectivity index (χ4v) is 2.45. The topological polar surface area (TPSA) is 93.7 Å². The molecule has 2 heterocycles. The van der Waals surface area contributed by atoms with Crippen molar-refractivity contribution in [1.29, 1.82) is 5.26 Å². The molecule has 136 valence electrons. The van der Waals surface area contributed by atoms with Crippen LogP contribution in [0.5, 0.6) is 5.75 Å². The van der Waals surface area contributed by atoms with Crippen molar-refractivity contribution in [2.45, 2.75) is 26.6 Å². The number of nitriles is 1. The number of esters is 1. The van der Waals surface area contributed by atoms with Crippen molar-refractivity contribution in [3.63, 3.8) is 0 Å². The first kappa shape index (κ1) is 18.1. The molecule has 0 spiro atoms. The molecule has 0 N–H and O–H groups in total. The van der Waals surface area contributed by atoms with Crippen molar-refractivity contribution in [1.82, 2.24) is 9.38 Å². The summed E-state index contributed by atoms with van der Waals surface area (Å²) in [5.74, 6) is -0.124. The van der Waals surface area contributed by atoms with Gasteiger partial charge in [-0.25, -0.2) is 9.78 Å². The van der Waals surface area contributed by atoms with Crippen LogP contribution in [0.15, 0.2) is 53.5 Å². The first-order valence-corrected chi connectivity index (χ1v) is 8.28. The van der Waals surface area contributed by atoms with Crippen LogP contribution in [0.25, 0.3) is 5.65 Å². The van der Waals surface area contributed by atoms with E-state index in [2.05, 4.69) is 4.98 Å². The molecule has 0 fully saturated rings. The molecule has 27 heavy (non-hydrogen) atoms. The molecule has 0 saturated carbocycles. The van der Waals surface area contributed by atoms with Gasteiger partial charge in [-0.15, -0.1) is 0 Å². The lowest BCUT2D eigenvalue weighted by atomic mass is 10.2. The summed E-state index contributed by atoms with van der Waals surface area (Å²) in [5, 5.41) is 8.78. The Balaban J connectivity index is 1.64. The molecule has 3 aromatic rings. The first-order valence-electron chi connectivity index (χ1n) is 8.28. The number of carbonyl (C=O) groups excluding carboxylic acids is 1. The Bertz CT molecular complexity index is 1080. The lowest BCUT2D eigenvalue weighted by Gasteiger charge is -2.14. The lowest BCUT2D eigenvalue weighted by Crippen LogP contribution is -2.26. The van der Waals surface area contributed by atoms with Gasteiger partial charge in [0.25, 0.3) is 5.56 Å².